The third-order valence-electron chi connectivity index (χ3n) is 5.92. The Labute approximate surface area is 151 Å². The molecule has 0 aromatic heterocycles. The number of Topliss-reactive ketones (excluding diaryl/α,β-unsaturated/α-hetero) is 1. The number of benzene rings is 1. The van der Waals surface area contributed by atoms with Crippen molar-refractivity contribution >= 4 is 17.5 Å². The van der Waals surface area contributed by atoms with E-state index in [1.54, 1.807) is 25.1 Å². The second-order valence-electron chi connectivity index (χ2n) is 7.55. The first kappa shape index (κ1) is 17.4. The van der Waals surface area contributed by atoms with Crippen LogP contribution >= 0.6 is 0 Å². The van der Waals surface area contributed by atoms with Gasteiger partial charge in [0.1, 0.15) is 12.0 Å². The summed E-state index contributed by atoms with van der Waals surface area (Å²) in [7, 11) is 0. The van der Waals surface area contributed by atoms with E-state index in [1.807, 2.05) is 0 Å². The lowest BCUT2D eigenvalue weighted by Gasteiger charge is -2.32. The lowest BCUT2D eigenvalue weighted by Crippen LogP contribution is -2.56. The number of aliphatic imine (C=N–C) groups is 1. The molecule has 1 saturated carbocycles. The van der Waals surface area contributed by atoms with E-state index in [9.17, 15) is 19.8 Å². The molecule has 0 spiro atoms. The van der Waals surface area contributed by atoms with E-state index in [1.165, 1.54) is 6.07 Å². The Bertz CT molecular complexity index is 795. The molecule has 4 rings (SSSR count). The minimum Gasteiger partial charge on any atom is -0.462 e. The van der Waals surface area contributed by atoms with Gasteiger partial charge in [0.15, 0.2) is 5.60 Å². The van der Waals surface area contributed by atoms with Gasteiger partial charge in [-0.1, -0.05) is 37.1 Å². The summed E-state index contributed by atoms with van der Waals surface area (Å²) in [4.78, 5) is 30.0. The van der Waals surface area contributed by atoms with Crippen LogP contribution in [0.2, 0.25) is 0 Å². The number of hydrogen-bond donors (Lipinski definition) is 2. The molecule has 0 amide bonds. The van der Waals surface area contributed by atoms with E-state index in [-0.39, 0.29) is 22.9 Å². The smallest absolute Gasteiger partial charge is 0.318 e. The standard InChI is InChI=1S/C20H23NO5/c1-12-16(18(23)26-13-8-4-2-3-5-9-13)19(24)17(22)14-10-6-7-11-15(14)20(19,25)21-12/h6-7,10-11,13,16,24-25H,2-5,8-9H2,1H3/t16?,19-,20-/m0/s1. The third kappa shape index (κ3) is 2.21. The normalized spacial score (nSPS) is 34.0. The van der Waals surface area contributed by atoms with Gasteiger partial charge < -0.3 is 14.9 Å². The fraction of sp³-hybridized carbons (Fsp3) is 0.550. The third-order valence-corrected chi connectivity index (χ3v) is 5.92. The zero-order chi connectivity index (χ0) is 18.5. The molecule has 0 bridgehead atoms. The Hall–Kier alpha value is -2.05. The van der Waals surface area contributed by atoms with Crippen LogP contribution in [0.25, 0.3) is 0 Å². The van der Waals surface area contributed by atoms with Crippen LogP contribution in [0.1, 0.15) is 61.4 Å². The van der Waals surface area contributed by atoms with Gasteiger partial charge in [0.05, 0.1) is 0 Å². The summed E-state index contributed by atoms with van der Waals surface area (Å²) in [5, 5.41) is 22.3. The second-order valence-corrected chi connectivity index (χ2v) is 7.55. The van der Waals surface area contributed by atoms with E-state index in [4.69, 9.17) is 4.74 Å². The number of esters is 1. The molecule has 1 aromatic carbocycles. The number of aliphatic hydroxyl groups is 2. The molecule has 138 valence electrons. The fourth-order valence-electron chi connectivity index (χ4n) is 4.59. The molecule has 1 aliphatic heterocycles. The van der Waals surface area contributed by atoms with Crippen LogP contribution in [-0.4, -0.2) is 39.4 Å². The van der Waals surface area contributed by atoms with Crippen LogP contribution < -0.4 is 0 Å². The predicted octanol–water partition coefficient (Wildman–Crippen LogP) is 2.12. The number of ketones is 1. The number of carbonyl (C=O) groups is 2. The Kier molecular flexibility index (Phi) is 4.00. The number of hydrogen-bond acceptors (Lipinski definition) is 6. The molecular formula is C20H23NO5. The average Bonchev–Trinajstić information content (AvgIpc) is 2.83. The van der Waals surface area contributed by atoms with Crippen LogP contribution in [0.3, 0.4) is 0 Å². The minimum absolute atomic E-state index is 0.195. The highest BCUT2D eigenvalue weighted by atomic mass is 16.5. The van der Waals surface area contributed by atoms with Crippen LogP contribution in [-0.2, 0) is 15.3 Å². The van der Waals surface area contributed by atoms with Crippen LogP contribution in [0.4, 0.5) is 0 Å². The second kappa shape index (κ2) is 5.99. The highest BCUT2D eigenvalue weighted by Gasteiger charge is 2.72. The summed E-state index contributed by atoms with van der Waals surface area (Å²) in [6, 6.07) is 6.41. The number of fused-ring (bicyclic) bond motifs is 3. The zero-order valence-electron chi connectivity index (χ0n) is 14.8. The van der Waals surface area contributed by atoms with Gasteiger partial charge in [-0.3, -0.25) is 14.6 Å². The molecule has 1 unspecified atom stereocenters. The molecule has 6 heteroatoms. The monoisotopic (exact) mass is 357 g/mol. The summed E-state index contributed by atoms with van der Waals surface area (Å²) in [5.41, 5.74) is -3.84. The SMILES string of the molecule is CC1=N[C@]2(O)c3ccccc3C(=O)[C@@]2(O)C1C(=O)OC1CCCCCC1. The van der Waals surface area contributed by atoms with E-state index >= 15 is 0 Å². The quantitative estimate of drug-likeness (QED) is 0.624. The van der Waals surface area contributed by atoms with Gasteiger partial charge in [-0.2, -0.15) is 0 Å². The van der Waals surface area contributed by atoms with Crippen molar-refractivity contribution in [2.75, 3.05) is 0 Å². The highest BCUT2D eigenvalue weighted by molar-refractivity contribution is 6.18. The van der Waals surface area contributed by atoms with Crippen molar-refractivity contribution in [2.24, 2.45) is 10.9 Å². The molecule has 1 heterocycles. The van der Waals surface area contributed by atoms with Gasteiger partial charge in [-0.25, -0.2) is 0 Å². The van der Waals surface area contributed by atoms with Gasteiger partial charge in [0.25, 0.3) is 0 Å². The summed E-state index contributed by atoms with van der Waals surface area (Å²) in [6.45, 7) is 1.54. The lowest BCUT2D eigenvalue weighted by molar-refractivity contribution is -0.169. The van der Waals surface area contributed by atoms with Crippen LogP contribution in [0.5, 0.6) is 0 Å². The summed E-state index contributed by atoms with van der Waals surface area (Å²) in [6.07, 6.45) is 5.58. The van der Waals surface area contributed by atoms with Crippen molar-refractivity contribution in [1.29, 1.82) is 0 Å². The first-order valence-corrected chi connectivity index (χ1v) is 9.25. The molecule has 1 aromatic rings. The van der Waals surface area contributed by atoms with Crippen molar-refractivity contribution in [3.05, 3.63) is 35.4 Å². The number of nitrogens with zero attached hydrogens (tertiary/aromatic N) is 1. The molecule has 0 radical (unpaired) electrons. The summed E-state index contributed by atoms with van der Waals surface area (Å²) < 4.78 is 5.65. The van der Waals surface area contributed by atoms with Gasteiger partial charge in [-0.05, 0) is 32.6 Å². The van der Waals surface area contributed by atoms with Crippen LogP contribution in [0.15, 0.2) is 29.3 Å². The van der Waals surface area contributed by atoms with E-state index in [2.05, 4.69) is 4.99 Å². The molecular weight excluding hydrogens is 334 g/mol. The molecule has 26 heavy (non-hydrogen) atoms. The molecule has 2 N–H and O–H groups in total. The van der Waals surface area contributed by atoms with Gasteiger partial charge in [0.2, 0.25) is 11.5 Å². The molecule has 0 saturated heterocycles. The van der Waals surface area contributed by atoms with Crippen molar-refractivity contribution < 1.29 is 24.5 Å². The molecule has 3 atom stereocenters. The van der Waals surface area contributed by atoms with E-state index in [0.717, 1.165) is 38.5 Å². The molecule has 3 aliphatic rings. The average molecular weight is 357 g/mol. The maximum atomic E-state index is 12.9. The number of rotatable bonds is 2. The topological polar surface area (TPSA) is 96.2 Å². The number of carbonyl (C=O) groups excluding carboxylic acids is 2. The maximum Gasteiger partial charge on any atom is 0.318 e. The fourth-order valence-corrected chi connectivity index (χ4v) is 4.59. The lowest BCUT2D eigenvalue weighted by atomic mass is 9.79. The van der Waals surface area contributed by atoms with E-state index < -0.39 is 29.0 Å². The first-order valence-electron chi connectivity index (χ1n) is 9.25. The first-order chi connectivity index (χ1) is 12.4. The van der Waals surface area contributed by atoms with Crippen molar-refractivity contribution in [3.63, 3.8) is 0 Å². The highest BCUT2D eigenvalue weighted by Crippen LogP contribution is 2.53. The molecule has 1 fully saturated rings. The number of ether oxygens (including phenoxy) is 1. The van der Waals surface area contributed by atoms with Crippen LogP contribution in [0, 0.1) is 5.92 Å². The predicted molar refractivity (Wildman–Crippen MR) is 93.8 cm³/mol. The van der Waals surface area contributed by atoms with Crippen molar-refractivity contribution in [3.8, 4) is 0 Å². The Balaban J connectivity index is 1.67. The Morgan fingerprint density at radius 3 is 2.50 bits per heavy atom. The Morgan fingerprint density at radius 2 is 1.81 bits per heavy atom. The summed E-state index contributed by atoms with van der Waals surface area (Å²) in [5.74, 6) is -2.66. The molecule has 2 aliphatic carbocycles. The van der Waals surface area contributed by atoms with Crippen molar-refractivity contribution in [2.45, 2.75) is 62.9 Å². The van der Waals surface area contributed by atoms with Crippen molar-refractivity contribution in [1.82, 2.24) is 0 Å². The summed E-state index contributed by atoms with van der Waals surface area (Å²) >= 11 is 0. The van der Waals surface area contributed by atoms with Gasteiger partial charge in [0, 0.05) is 16.8 Å². The van der Waals surface area contributed by atoms with E-state index in [0.29, 0.717) is 0 Å². The van der Waals surface area contributed by atoms with Gasteiger partial charge in [-0.15, -0.1) is 0 Å². The minimum atomic E-state index is -2.34. The zero-order valence-corrected chi connectivity index (χ0v) is 14.8. The Morgan fingerprint density at radius 1 is 1.15 bits per heavy atom. The molecule has 6 nitrogen and oxygen atoms in total. The maximum absolute atomic E-state index is 12.9. The van der Waals surface area contributed by atoms with Gasteiger partial charge >= 0.3 is 5.97 Å². The largest absolute Gasteiger partial charge is 0.462 e.